The third kappa shape index (κ3) is 2.30. The van der Waals surface area contributed by atoms with Crippen LogP contribution >= 0.6 is 0 Å². The molecule has 0 aromatic carbocycles. The van der Waals surface area contributed by atoms with Crippen molar-refractivity contribution < 1.29 is 15.0 Å². The highest BCUT2D eigenvalue weighted by atomic mass is 16.3. The van der Waals surface area contributed by atoms with Crippen LogP contribution in [0, 0.1) is 5.92 Å². The maximum atomic E-state index is 12.0. The molecule has 0 aliphatic carbocycles. The average molecular weight is 228 g/mol. The lowest BCUT2D eigenvalue weighted by Crippen LogP contribution is -2.46. The largest absolute Gasteiger partial charge is 0.388 e. The molecule has 2 fully saturated rings. The highest BCUT2D eigenvalue weighted by Crippen LogP contribution is 2.19. The third-order valence-electron chi connectivity index (χ3n) is 3.58. The smallest absolute Gasteiger partial charge is 0.320 e. The van der Waals surface area contributed by atoms with Crippen LogP contribution in [0.4, 0.5) is 4.79 Å². The summed E-state index contributed by atoms with van der Waals surface area (Å²) < 4.78 is 0. The number of β-amino-alcohol motifs (C(OH)–C–C–N with tert-alkyl or cyclic N) is 2. The van der Waals surface area contributed by atoms with Crippen molar-refractivity contribution in [3.05, 3.63) is 0 Å². The minimum atomic E-state index is -0.785. The standard InChI is InChI=1S/C11H20N2O3/c1-8-2-4-12(5-3-8)11(16)13-6-9(14)10(15)7-13/h8-10,14-15H,2-7H2,1H3/t9-,10+. The Kier molecular flexibility index (Phi) is 3.35. The first-order valence-electron chi connectivity index (χ1n) is 5.98. The molecule has 2 saturated heterocycles. The molecule has 0 saturated carbocycles. The van der Waals surface area contributed by atoms with Crippen LogP contribution in [0.5, 0.6) is 0 Å². The van der Waals surface area contributed by atoms with E-state index in [1.165, 1.54) is 0 Å². The van der Waals surface area contributed by atoms with Gasteiger partial charge in [0, 0.05) is 13.1 Å². The summed E-state index contributed by atoms with van der Waals surface area (Å²) >= 11 is 0. The van der Waals surface area contributed by atoms with E-state index in [2.05, 4.69) is 6.92 Å². The van der Waals surface area contributed by atoms with Crippen molar-refractivity contribution in [2.45, 2.75) is 32.0 Å². The number of rotatable bonds is 0. The molecule has 2 atom stereocenters. The molecule has 2 N–H and O–H groups in total. The van der Waals surface area contributed by atoms with E-state index in [-0.39, 0.29) is 19.1 Å². The molecule has 0 bridgehead atoms. The first-order valence-corrected chi connectivity index (χ1v) is 5.98. The maximum absolute atomic E-state index is 12.0. The molecule has 0 radical (unpaired) electrons. The van der Waals surface area contributed by atoms with Gasteiger partial charge in [-0.1, -0.05) is 6.92 Å². The minimum Gasteiger partial charge on any atom is -0.388 e. The van der Waals surface area contributed by atoms with Crippen molar-refractivity contribution in [3.8, 4) is 0 Å². The number of carbonyl (C=O) groups excluding carboxylic acids is 1. The van der Waals surface area contributed by atoms with Gasteiger partial charge < -0.3 is 20.0 Å². The van der Waals surface area contributed by atoms with Gasteiger partial charge in [-0.05, 0) is 18.8 Å². The Morgan fingerprint density at radius 1 is 1.06 bits per heavy atom. The van der Waals surface area contributed by atoms with E-state index in [0.29, 0.717) is 5.92 Å². The van der Waals surface area contributed by atoms with Gasteiger partial charge in [-0.25, -0.2) is 4.79 Å². The lowest BCUT2D eigenvalue weighted by Gasteiger charge is -2.33. The van der Waals surface area contributed by atoms with Gasteiger partial charge in [0.15, 0.2) is 0 Å². The molecular weight excluding hydrogens is 208 g/mol. The number of likely N-dealkylation sites (tertiary alicyclic amines) is 2. The average Bonchev–Trinajstić information content (AvgIpc) is 2.59. The first kappa shape index (κ1) is 11.7. The molecule has 16 heavy (non-hydrogen) atoms. The summed E-state index contributed by atoms with van der Waals surface area (Å²) in [5.74, 6) is 0.693. The van der Waals surface area contributed by atoms with Gasteiger partial charge in [0.1, 0.15) is 0 Å². The molecule has 2 amide bonds. The van der Waals surface area contributed by atoms with E-state index in [9.17, 15) is 15.0 Å². The van der Waals surface area contributed by atoms with E-state index in [0.717, 1.165) is 25.9 Å². The van der Waals surface area contributed by atoms with Crippen molar-refractivity contribution in [2.24, 2.45) is 5.92 Å². The molecule has 2 rings (SSSR count). The second kappa shape index (κ2) is 4.59. The van der Waals surface area contributed by atoms with Crippen molar-refractivity contribution in [2.75, 3.05) is 26.2 Å². The van der Waals surface area contributed by atoms with Crippen LogP contribution in [0.25, 0.3) is 0 Å². The SMILES string of the molecule is CC1CCN(C(=O)N2C[C@@H](O)[C@@H](O)C2)CC1. The molecule has 0 spiro atoms. The summed E-state index contributed by atoms with van der Waals surface area (Å²) in [5.41, 5.74) is 0. The van der Waals surface area contributed by atoms with Crippen molar-refractivity contribution in [3.63, 3.8) is 0 Å². The summed E-state index contributed by atoms with van der Waals surface area (Å²) in [5, 5.41) is 18.8. The van der Waals surface area contributed by atoms with Crippen LogP contribution in [-0.2, 0) is 0 Å². The number of carbonyl (C=O) groups is 1. The monoisotopic (exact) mass is 228 g/mol. The normalized spacial score (nSPS) is 32.2. The van der Waals surface area contributed by atoms with Crippen LogP contribution < -0.4 is 0 Å². The lowest BCUT2D eigenvalue weighted by molar-refractivity contribution is 0.0572. The topological polar surface area (TPSA) is 64.0 Å². The summed E-state index contributed by atoms with van der Waals surface area (Å²) in [4.78, 5) is 15.4. The van der Waals surface area contributed by atoms with Crippen LogP contribution in [0.15, 0.2) is 0 Å². The molecule has 2 aliphatic heterocycles. The lowest BCUT2D eigenvalue weighted by atomic mass is 10.00. The van der Waals surface area contributed by atoms with Gasteiger partial charge in [-0.3, -0.25) is 0 Å². The molecule has 5 heteroatoms. The quantitative estimate of drug-likeness (QED) is 0.607. The second-order valence-electron chi connectivity index (χ2n) is 4.99. The van der Waals surface area contributed by atoms with E-state index in [4.69, 9.17) is 0 Å². The van der Waals surface area contributed by atoms with E-state index >= 15 is 0 Å². The number of aliphatic hydroxyl groups excluding tert-OH is 2. The molecular formula is C11H20N2O3. The zero-order valence-electron chi connectivity index (χ0n) is 9.67. The van der Waals surface area contributed by atoms with E-state index in [1.807, 2.05) is 4.90 Å². The van der Waals surface area contributed by atoms with Gasteiger partial charge in [0.2, 0.25) is 0 Å². The van der Waals surface area contributed by atoms with Crippen molar-refractivity contribution in [1.82, 2.24) is 9.80 Å². The Bertz CT molecular complexity index is 254. The fourth-order valence-electron chi connectivity index (χ4n) is 2.33. The number of urea groups is 1. The number of nitrogens with zero attached hydrogens (tertiary/aromatic N) is 2. The van der Waals surface area contributed by atoms with Gasteiger partial charge >= 0.3 is 6.03 Å². The zero-order valence-corrected chi connectivity index (χ0v) is 9.67. The molecule has 0 aromatic heterocycles. The molecule has 2 heterocycles. The first-order chi connectivity index (χ1) is 7.58. The predicted octanol–water partition coefficient (Wildman–Crippen LogP) is -0.124. The Morgan fingerprint density at radius 2 is 1.56 bits per heavy atom. The number of amides is 2. The Balaban J connectivity index is 1.88. The highest BCUT2D eigenvalue weighted by molar-refractivity contribution is 5.75. The molecule has 2 aliphatic rings. The predicted molar refractivity (Wildman–Crippen MR) is 59.0 cm³/mol. The van der Waals surface area contributed by atoms with E-state index < -0.39 is 12.2 Å². The number of hydrogen-bond acceptors (Lipinski definition) is 3. The number of aliphatic hydroxyl groups is 2. The second-order valence-corrected chi connectivity index (χ2v) is 4.99. The third-order valence-corrected chi connectivity index (χ3v) is 3.58. The van der Waals surface area contributed by atoms with Crippen molar-refractivity contribution >= 4 is 6.03 Å². The highest BCUT2D eigenvalue weighted by Gasteiger charge is 2.35. The zero-order chi connectivity index (χ0) is 11.7. The van der Waals surface area contributed by atoms with Gasteiger partial charge in [-0.2, -0.15) is 0 Å². The number of hydrogen-bond donors (Lipinski definition) is 2. The minimum absolute atomic E-state index is 0.0394. The van der Waals surface area contributed by atoms with Gasteiger partial charge in [-0.15, -0.1) is 0 Å². The van der Waals surface area contributed by atoms with Gasteiger partial charge in [0.25, 0.3) is 0 Å². The van der Waals surface area contributed by atoms with Crippen LogP contribution in [0.2, 0.25) is 0 Å². The molecule has 5 nitrogen and oxygen atoms in total. The van der Waals surface area contributed by atoms with Crippen LogP contribution in [0.1, 0.15) is 19.8 Å². The summed E-state index contributed by atoms with van der Waals surface area (Å²) in [6.45, 7) is 4.30. The Labute approximate surface area is 95.6 Å². The molecule has 0 unspecified atom stereocenters. The fraction of sp³-hybridized carbons (Fsp3) is 0.909. The number of piperidine rings is 1. The summed E-state index contributed by atoms with van der Waals surface area (Å²) in [6.07, 6.45) is 0.523. The Morgan fingerprint density at radius 3 is 2.06 bits per heavy atom. The van der Waals surface area contributed by atoms with E-state index in [1.54, 1.807) is 4.90 Å². The summed E-state index contributed by atoms with van der Waals surface area (Å²) in [7, 11) is 0. The van der Waals surface area contributed by atoms with Crippen molar-refractivity contribution in [1.29, 1.82) is 0 Å². The van der Waals surface area contributed by atoms with Crippen LogP contribution in [0.3, 0.4) is 0 Å². The maximum Gasteiger partial charge on any atom is 0.320 e. The molecule has 92 valence electrons. The van der Waals surface area contributed by atoms with Gasteiger partial charge in [0.05, 0.1) is 25.3 Å². The Hall–Kier alpha value is -0.810. The molecule has 0 aromatic rings. The summed E-state index contributed by atoms with van der Waals surface area (Å²) in [6, 6.07) is -0.0394. The van der Waals surface area contributed by atoms with Crippen LogP contribution in [-0.4, -0.2) is 64.4 Å². The fourth-order valence-corrected chi connectivity index (χ4v) is 2.33.